The monoisotopic (exact) mass is 436 g/mol. The minimum atomic E-state index is -3.53. The Hall–Kier alpha value is -3.13. The second-order valence-corrected chi connectivity index (χ2v) is 10.1. The molecule has 2 aromatic carbocycles. The Labute approximate surface area is 182 Å². The Morgan fingerprint density at radius 3 is 2.58 bits per heavy atom. The van der Waals surface area contributed by atoms with E-state index in [0.29, 0.717) is 31.5 Å². The number of benzene rings is 2. The van der Waals surface area contributed by atoms with Crippen molar-refractivity contribution in [2.24, 2.45) is 0 Å². The van der Waals surface area contributed by atoms with E-state index in [-0.39, 0.29) is 12.5 Å². The Balaban J connectivity index is 1.33. The SMILES string of the molecule is O=C(c1ccc(-n2cccn2)cc1)N1CCC[C@@H](S(=O)(=O)N2CCc3ccccc32)C1. The molecule has 7 nitrogen and oxygen atoms in total. The van der Waals surface area contributed by atoms with E-state index < -0.39 is 15.3 Å². The van der Waals surface area contributed by atoms with Crippen LogP contribution in [0, 0.1) is 0 Å². The molecule has 0 saturated carbocycles. The van der Waals surface area contributed by atoms with Gasteiger partial charge in [-0.15, -0.1) is 0 Å². The minimum Gasteiger partial charge on any atom is -0.337 e. The number of sulfonamides is 1. The van der Waals surface area contributed by atoms with Gasteiger partial charge < -0.3 is 4.90 Å². The summed E-state index contributed by atoms with van der Waals surface area (Å²) in [4.78, 5) is 14.8. The molecule has 160 valence electrons. The van der Waals surface area contributed by atoms with Gasteiger partial charge in [-0.1, -0.05) is 18.2 Å². The maximum Gasteiger partial charge on any atom is 0.253 e. The lowest BCUT2D eigenvalue weighted by Gasteiger charge is -2.35. The van der Waals surface area contributed by atoms with Crippen LogP contribution in [0.2, 0.25) is 0 Å². The average Bonchev–Trinajstić information content (AvgIpc) is 3.49. The number of anilines is 1. The highest BCUT2D eigenvalue weighted by atomic mass is 32.2. The molecule has 0 N–H and O–H groups in total. The molecule has 3 aromatic rings. The van der Waals surface area contributed by atoms with Crippen LogP contribution in [0.1, 0.15) is 28.8 Å². The standard InChI is InChI=1S/C23H24N4O3S/c28-23(19-8-10-20(11-9-19)26-15-4-13-24-26)25-14-3-6-21(17-25)31(29,30)27-16-12-18-5-1-2-7-22(18)27/h1-2,4-5,7-11,13,15,21H,3,6,12,14,16-17H2/t21-/m1/s1. The number of carbonyl (C=O) groups is 1. The normalized spacial score (nSPS) is 18.8. The molecule has 1 aromatic heterocycles. The summed E-state index contributed by atoms with van der Waals surface area (Å²) in [7, 11) is -3.53. The largest absolute Gasteiger partial charge is 0.337 e. The number of fused-ring (bicyclic) bond motifs is 1. The maximum absolute atomic E-state index is 13.4. The van der Waals surface area contributed by atoms with Crippen molar-refractivity contribution in [3.63, 3.8) is 0 Å². The van der Waals surface area contributed by atoms with E-state index in [9.17, 15) is 13.2 Å². The number of nitrogens with zero attached hydrogens (tertiary/aromatic N) is 4. The first-order valence-electron chi connectivity index (χ1n) is 10.5. The van der Waals surface area contributed by atoms with E-state index in [4.69, 9.17) is 0 Å². The summed E-state index contributed by atoms with van der Waals surface area (Å²) in [6.45, 7) is 1.27. The van der Waals surface area contributed by atoms with E-state index >= 15 is 0 Å². The highest BCUT2D eigenvalue weighted by Crippen LogP contribution is 2.33. The predicted molar refractivity (Wildman–Crippen MR) is 119 cm³/mol. The van der Waals surface area contributed by atoms with Crippen LogP contribution in [-0.2, 0) is 16.4 Å². The van der Waals surface area contributed by atoms with Gasteiger partial charge in [0, 0.05) is 37.6 Å². The minimum absolute atomic E-state index is 0.131. The summed E-state index contributed by atoms with van der Waals surface area (Å²) in [6, 6.07) is 16.7. The molecule has 0 spiro atoms. The number of hydrogen-bond donors (Lipinski definition) is 0. The van der Waals surface area contributed by atoms with Crippen molar-refractivity contribution >= 4 is 21.6 Å². The first-order valence-corrected chi connectivity index (χ1v) is 12.0. The molecular formula is C23H24N4O3S. The van der Waals surface area contributed by atoms with Gasteiger partial charge in [0.15, 0.2) is 0 Å². The zero-order chi connectivity index (χ0) is 21.4. The topological polar surface area (TPSA) is 75.5 Å². The summed E-state index contributed by atoms with van der Waals surface area (Å²) in [5, 5.41) is 3.61. The zero-order valence-corrected chi connectivity index (χ0v) is 17.9. The molecule has 8 heteroatoms. The van der Waals surface area contributed by atoms with Crippen molar-refractivity contribution in [1.29, 1.82) is 0 Å². The van der Waals surface area contributed by atoms with Gasteiger partial charge in [-0.2, -0.15) is 5.10 Å². The Morgan fingerprint density at radius 2 is 1.81 bits per heavy atom. The third-order valence-electron chi connectivity index (χ3n) is 6.12. The number of carbonyl (C=O) groups excluding carboxylic acids is 1. The van der Waals surface area contributed by atoms with Gasteiger partial charge in [0.05, 0.1) is 16.6 Å². The van der Waals surface area contributed by atoms with E-state index in [0.717, 1.165) is 23.4 Å². The number of likely N-dealkylation sites (tertiary alicyclic amines) is 1. The summed E-state index contributed by atoms with van der Waals surface area (Å²) in [5.74, 6) is -0.131. The van der Waals surface area contributed by atoms with E-state index in [2.05, 4.69) is 5.10 Å². The molecule has 0 bridgehead atoms. The lowest BCUT2D eigenvalue weighted by atomic mass is 10.1. The van der Waals surface area contributed by atoms with E-state index in [1.807, 2.05) is 48.7 Å². The molecule has 31 heavy (non-hydrogen) atoms. The fraction of sp³-hybridized carbons (Fsp3) is 0.304. The lowest BCUT2D eigenvalue weighted by molar-refractivity contribution is 0.0727. The number of amides is 1. The fourth-order valence-corrected chi connectivity index (χ4v) is 6.47. The summed E-state index contributed by atoms with van der Waals surface area (Å²) in [5.41, 5.74) is 3.26. The predicted octanol–water partition coefficient (Wildman–Crippen LogP) is 2.87. The Kier molecular flexibility index (Phi) is 5.02. The molecule has 2 aliphatic rings. The third-order valence-corrected chi connectivity index (χ3v) is 8.34. The molecule has 1 amide bonds. The Morgan fingerprint density at radius 1 is 1.00 bits per heavy atom. The van der Waals surface area contributed by atoms with Gasteiger partial charge in [-0.05, 0) is 61.2 Å². The fourth-order valence-electron chi connectivity index (χ4n) is 4.48. The van der Waals surface area contributed by atoms with Crippen molar-refractivity contribution in [2.45, 2.75) is 24.5 Å². The van der Waals surface area contributed by atoms with Crippen molar-refractivity contribution in [3.05, 3.63) is 78.1 Å². The van der Waals surface area contributed by atoms with Gasteiger partial charge in [0.1, 0.15) is 0 Å². The molecule has 2 aliphatic heterocycles. The second-order valence-electron chi connectivity index (χ2n) is 8.01. The van der Waals surface area contributed by atoms with Crippen LogP contribution in [0.4, 0.5) is 5.69 Å². The van der Waals surface area contributed by atoms with Gasteiger partial charge in [-0.25, -0.2) is 13.1 Å². The van der Waals surface area contributed by atoms with Crippen molar-refractivity contribution in [1.82, 2.24) is 14.7 Å². The van der Waals surface area contributed by atoms with Crippen molar-refractivity contribution < 1.29 is 13.2 Å². The zero-order valence-electron chi connectivity index (χ0n) is 17.1. The van der Waals surface area contributed by atoms with Crippen LogP contribution in [0.15, 0.2) is 67.0 Å². The molecular weight excluding hydrogens is 412 g/mol. The molecule has 1 atom stereocenters. The second kappa shape index (κ2) is 7.85. The van der Waals surface area contributed by atoms with Gasteiger partial charge in [-0.3, -0.25) is 9.10 Å². The maximum atomic E-state index is 13.4. The van der Waals surface area contributed by atoms with E-state index in [1.54, 1.807) is 32.2 Å². The van der Waals surface area contributed by atoms with Gasteiger partial charge in [0.25, 0.3) is 5.91 Å². The van der Waals surface area contributed by atoms with Crippen LogP contribution in [0.3, 0.4) is 0 Å². The first-order chi connectivity index (χ1) is 15.0. The van der Waals surface area contributed by atoms with Gasteiger partial charge >= 0.3 is 0 Å². The summed E-state index contributed by atoms with van der Waals surface area (Å²) < 4.78 is 30.1. The average molecular weight is 437 g/mol. The molecule has 3 heterocycles. The Bertz CT molecular complexity index is 1190. The van der Waals surface area contributed by atoms with Crippen LogP contribution in [0.5, 0.6) is 0 Å². The molecule has 5 rings (SSSR count). The number of rotatable bonds is 4. The third kappa shape index (κ3) is 3.61. The molecule has 0 aliphatic carbocycles. The summed E-state index contributed by atoms with van der Waals surface area (Å²) >= 11 is 0. The molecule has 0 radical (unpaired) electrons. The van der Waals surface area contributed by atoms with Crippen LogP contribution < -0.4 is 4.31 Å². The smallest absolute Gasteiger partial charge is 0.253 e. The van der Waals surface area contributed by atoms with Crippen LogP contribution in [0.25, 0.3) is 5.69 Å². The quantitative estimate of drug-likeness (QED) is 0.630. The number of piperidine rings is 1. The highest BCUT2D eigenvalue weighted by Gasteiger charge is 2.39. The van der Waals surface area contributed by atoms with Crippen LogP contribution >= 0.6 is 0 Å². The van der Waals surface area contributed by atoms with Crippen molar-refractivity contribution in [3.8, 4) is 5.69 Å². The van der Waals surface area contributed by atoms with Crippen molar-refractivity contribution in [2.75, 3.05) is 23.9 Å². The lowest BCUT2D eigenvalue weighted by Crippen LogP contribution is -2.49. The van der Waals surface area contributed by atoms with Gasteiger partial charge in [0.2, 0.25) is 10.0 Å². The molecule has 0 unspecified atom stereocenters. The number of para-hydroxylation sites is 1. The summed E-state index contributed by atoms with van der Waals surface area (Å²) in [6.07, 6.45) is 5.52. The molecule has 1 saturated heterocycles. The number of hydrogen-bond acceptors (Lipinski definition) is 4. The van der Waals surface area contributed by atoms with Crippen LogP contribution in [-0.4, -0.2) is 53.9 Å². The van der Waals surface area contributed by atoms with E-state index in [1.165, 1.54) is 0 Å². The number of aromatic nitrogens is 2. The first kappa shape index (κ1) is 19.8. The highest BCUT2D eigenvalue weighted by molar-refractivity contribution is 7.93. The molecule has 1 fully saturated rings.